The van der Waals surface area contributed by atoms with Gasteiger partial charge in [0.1, 0.15) is 4.88 Å². The maximum absolute atomic E-state index is 11.7. The number of hydrogen-bond donors (Lipinski definition) is 0. The van der Waals surface area contributed by atoms with Crippen LogP contribution < -0.4 is 0 Å². The van der Waals surface area contributed by atoms with Crippen LogP contribution in [0.15, 0.2) is 35.8 Å². The molecule has 0 aliphatic rings. The second-order valence-corrected chi connectivity index (χ2v) is 4.37. The molecule has 0 saturated carbocycles. The Morgan fingerprint density at radius 2 is 2.12 bits per heavy atom. The molecule has 4 heteroatoms. The lowest BCUT2D eigenvalue weighted by molar-refractivity contribution is 0.0531. The van der Waals surface area contributed by atoms with Gasteiger partial charge in [-0.15, -0.1) is 11.3 Å². The Labute approximate surface area is 104 Å². The van der Waals surface area contributed by atoms with Crippen molar-refractivity contribution in [2.45, 2.75) is 13.3 Å². The maximum atomic E-state index is 11.7. The Bertz CT molecular complexity index is 493. The van der Waals surface area contributed by atoms with Gasteiger partial charge >= 0.3 is 5.97 Å². The molecule has 0 aliphatic carbocycles. The van der Waals surface area contributed by atoms with Gasteiger partial charge in [-0.1, -0.05) is 30.3 Å². The molecule has 1 heterocycles. The van der Waals surface area contributed by atoms with Crippen molar-refractivity contribution in [1.29, 1.82) is 0 Å². The zero-order valence-corrected chi connectivity index (χ0v) is 10.4. The summed E-state index contributed by atoms with van der Waals surface area (Å²) < 4.78 is 5.00. The minimum atomic E-state index is -0.277. The van der Waals surface area contributed by atoms with Crippen molar-refractivity contribution in [3.8, 4) is 0 Å². The van der Waals surface area contributed by atoms with Gasteiger partial charge in [-0.2, -0.15) is 0 Å². The minimum Gasteiger partial charge on any atom is -0.462 e. The SMILES string of the molecule is CCOC(=O)c1scnc1Cc1ccccc1. The van der Waals surface area contributed by atoms with E-state index in [1.54, 1.807) is 12.4 Å². The molecule has 2 rings (SSSR count). The third-order valence-electron chi connectivity index (χ3n) is 2.32. The van der Waals surface area contributed by atoms with Crippen LogP contribution >= 0.6 is 11.3 Å². The normalized spacial score (nSPS) is 10.2. The monoisotopic (exact) mass is 247 g/mol. The lowest BCUT2D eigenvalue weighted by Crippen LogP contribution is -2.06. The topological polar surface area (TPSA) is 39.2 Å². The van der Waals surface area contributed by atoms with Crippen LogP contribution in [0.25, 0.3) is 0 Å². The minimum absolute atomic E-state index is 0.277. The number of benzene rings is 1. The van der Waals surface area contributed by atoms with Gasteiger partial charge < -0.3 is 4.74 Å². The highest BCUT2D eigenvalue weighted by molar-refractivity contribution is 7.11. The first-order valence-electron chi connectivity index (χ1n) is 5.44. The molecule has 0 N–H and O–H groups in total. The molecule has 0 bridgehead atoms. The van der Waals surface area contributed by atoms with E-state index in [9.17, 15) is 4.79 Å². The molecule has 0 unspecified atom stereocenters. The number of esters is 1. The van der Waals surface area contributed by atoms with Crippen LogP contribution in [0.3, 0.4) is 0 Å². The van der Waals surface area contributed by atoms with Gasteiger partial charge in [-0.05, 0) is 12.5 Å². The molecule has 2 aromatic rings. The largest absolute Gasteiger partial charge is 0.462 e. The quantitative estimate of drug-likeness (QED) is 0.780. The van der Waals surface area contributed by atoms with Gasteiger partial charge in [0.05, 0.1) is 17.8 Å². The third-order valence-corrected chi connectivity index (χ3v) is 3.17. The summed E-state index contributed by atoms with van der Waals surface area (Å²) >= 11 is 1.33. The lowest BCUT2D eigenvalue weighted by Gasteiger charge is -2.02. The van der Waals surface area contributed by atoms with Crippen LogP contribution in [0.5, 0.6) is 0 Å². The van der Waals surface area contributed by atoms with E-state index in [0.29, 0.717) is 17.9 Å². The molecular weight excluding hydrogens is 234 g/mol. The molecule has 3 nitrogen and oxygen atoms in total. The van der Waals surface area contributed by atoms with Crippen LogP contribution in [0.2, 0.25) is 0 Å². The number of ether oxygens (including phenoxy) is 1. The highest BCUT2D eigenvalue weighted by Crippen LogP contribution is 2.18. The Hall–Kier alpha value is -1.68. The fraction of sp³-hybridized carbons (Fsp3) is 0.231. The average molecular weight is 247 g/mol. The predicted octanol–water partition coefficient (Wildman–Crippen LogP) is 2.91. The first kappa shape index (κ1) is 11.8. The van der Waals surface area contributed by atoms with E-state index in [2.05, 4.69) is 4.98 Å². The summed E-state index contributed by atoms with van der Waals surface area (Å²) in [6.45, 7) is 2.19. The highest BCUT2D eigenvalue weighted by Gasteiger charge is 2.15. The number of nitrogens with zero attached hydrogens (tertiary/aromatic N) is 1. The second kappa shape index (κ2) is 5.59. The van der Waals surface area contributed by atoms with Crippen molar-refractivity contribution < 1.29 is 9.53 Å². The summed E-state index contributed by atoms with van der Waals surface area (Å²) in [5.74, 6) is -0.277. The predicted molar refractivity (Wildman–Crippen MR) is 67.3 cm³/mol. The van der Waals surface area contributed by atoms with E-state index < -0.39 is 0 Å². The van der Waals surface area contributed by atoms with Crippen molar-refractivity contribution in [2.75, 3.05) is 6.61 Å². The van der Waals surface area contributed by atoms with Crippen molar-refractivity contribution in [3.05, 3.63) is 52.0 Å². The molecule has 0 radical (unpaired) electrons. The molecule has 0 amide bonds. The van der Waals surface area contributed by atoms with Crippen LogP contribution in [-0.2, 0) is 11.2 Å². The van der Waals surface area contributed by atoms with E-state index in [1.165, 1.54) is 11.3 Å². The highest BCUT2D eigenvalue weighted by atomic mass is 32.1. The second-order valence-electron chi connectivity index (χ2n) is 3.51. The van der Waals surface area contributed by atoms with E-state index in [0.717, 1.165) is 11.3 Å². The van der Waals surface area contributed by atoms with Crippen molar-refractivity contribution in [3.63, 3.8) is 0 Å². The molecule has 17 heavy (non-hydrogen) atoms. The summed E-state index contributed by atoms with van der Waals surface area (Å²) in [5.41, 5.74) is 3.62. The molecule has 1 aromatic heterocycles. The van der Waals surface area contributed by atoms with Crippen molar-refractivity contribution >= 4 is 17.3 Å². The maximum Gasteiger partial charge on any atom is 0.350 e. The van der Waals surface area contributed by atoms with Crippen molar-refractivity contribution in [2.24, 2.45) is 0 Å². The van der Waals surface area contributed by atoms with Crippen LogP contribution in [0.4, 0.5) is 0 Å². The Morgan fingerprint density at radius 1 is 1.35 bits per heavy atom. The standard InChI is InChI=1S/C13H13NO2S/c1-2-16-13(15)12-11(14-9-17-12)8-10-6-4-3-5-7-10/h3-7,9H,2,8H2,1H3. The number of thiazole rings is 1. The summed E-state index contributed by atoms with van der Waals surface area (Å²) in [7, 11) is 0. The van der Waals surface area contributed by atoms with Gasteiger partial charge in [-0.3, -0.25) is 0 Å². The fourth-order valence-electron chi connectivity index (χ4n) is 1.55. The smallest absolute Gasteiger partial charge is 0.350 e. The first-order chi connectivity index (χ1) is 8.31. The summed E-state index contributed by atoms with van der Waals surface area (Å²) in [4.78, 5) is 16.5. The van der Waals surface area contributed by atoms with E-state index >= 15 is 0 Å². The van der Waals surface area contributed by atoms with Crippen LogP contribution in [-0.4, -0.2) is 17.6 Å². The number of rotatable bonds is 4. The number of aromatic nitrogens is 1. The van der Waals surface area contributed by atoms with Gasteiger partial charge in [0.2, 0.25) is 0 Å². The van der Waals surface area contributed by atoms with E-state index in [1.807, 2.05) is 30.3 Å². The first-order valence-corrected chi connectivity index (χ1v) is 6.32. The number of carbonyl (C=O) groups is 1. The Morgan fingerprint density at radius 3 is 2.82 bits per heavy atom. The molecule has 0 saturated heterocycles. The zero-order valence-electron chi connectivity index (χ0n) is 9.55. The lowest BCUT2D eigenvalue weighted by atomic mass is 10.1. The molecule has 0 aliphatic heterocycles. The van der Waals surface area contributed by atoms with Gasteiger partial charge in [0.25, 0.3) is 0 Å². The molecular formula is C13H13NO2S. The van der Waals surface area contributed by atoms with E-state index in [-0.39, 0.29) is 5.97 Å². The third kappa shape index (κ3) is 2.91. The summed E-state index contributed by atoms with van der Waals surface area (Å²) in [6.07, 6.45) is 0.665. The molecule has 0 atom stereocenters. The summed E-state index contributed by atoms with van der Waals surface area (Å²) in [5, 5.41) is 0. The molecule has 88 valence electrons. The summed E-state index contributed by atoms with van der Waals surface area (Å²) in [6, 6.07) is 9.97. The molecule has 0 spiro atoms. The van der Waals surface area contributed by atoms with Crippen LogP contribution in [0, 0.1) is 0 Å². The number of carbonyl (C=O) groups excluding carboxylic acids is 1. The Balaban J connectivity index is 2.17. The van der Waals surface area contributed by atoms with Crippen LogP contribution in [0.1, 0.15) is 27.9 Å². The van der Waals surface area contributed by atoms with Gasteiger partial charge in [0.15, 0.2) is 0 Å². The number of hydrogen-bond acceptors (Lipinski definition) is 4. The van der Waals surface area contributed by atoms with E-state index in [4.69, 9.17) is 4.74 Å². The Kier molecular flexibility index (Phi) is 3.88. The molecule has 0 fully saturated rings. The zero-order chi connectivity index (χ0) is 12.1. The fourth-order valence-corrected chi connectivity index (χ4v) is 2.25. The average Bonchev–Trinajstić information content (AvgIpc) is 2.79. The van der Waals surface area contributed by atoms with Crippen molar-refractivity contribution in [1.82, 2.24) is 4.98 Å². The molecule has 1 aromatic carbocycles. The van der Waals surface area contributed by atoms with Gasteiger partial charge in [-0.25, -0.2) is 9.78 Å². The van der Waals surface area contributed by atoms with Gasteiger partial charge in [0, 0.05) is 6.42 Å².